The maximum atomic E-state index is 12.8. The molecular weight excluding hydrogens is 435 g/mol. The lowest BCUT2D eigenvalue weighted by Crippen LogP contribution is -2.47. The number of methoxy groups -OCH3 is 2. The molecule has 1 saturated heterocycles. The monoisotopic (exact) mass is 453 g/mol. The van der Waals surface area contributed by atoms with Crippen LogP contribution in [0.4, 0.5) is 24.8 Å². The maximum Gasteiger partial charge on any atom is 0.417 e. The molecule has 0 amide bonds. The standard InChI is InChI=1S/C20H19ClF3N5O2/c1-30-15-9-13-14(10-16(15)31-2)26-19(21)27-18(13)29-7-5-28(6-8-29)17-4-3-12(11-25-17)20(22,23)24/h3-4,9-11H,5-8H2,1-2H3. The summed E-state index contributed by atoms with van der Waals surface area (Å²) in [6.07, 6.45) is -3.54. The minimum atomic E-state index is -4.40. The minimum Gasteiger partial charge on any atom is -0.493 e. The predicted octanol–water partition coefficient (Wildman–Crippen LogP) is 4.04. The summed E-state index contributed by atoms with van der Waals surface area (Å²) in [5.41, 5.74) is -0.138. The predicted molar refractivity (Wildman–Crippen MR) is 111 cm³/mol. The molecule has 0 aliphatic carbocycles. The van der Waals surface area contributed by atoms with E-state index in [4.69, 9.17) is 21.1 Å². The van der Waals surface area contributed by atoms with Gasteiger partial charge in [-0.3, -0.25) is 0 Å². The van der Waals surface area contributed by atoms with Crippen LogP contribution in [0.1, 0.15) is 5.56 Å². The van der Waals surface area contributed by atoms with E-state index in [0.29, 0.717) is 54.8 Å². The van der Waals surface area contributed by atoms with Gasteiger partial charge in [0.15, 0.2) is 11.5 Å². The van der Waals surface area contributed by atoms with Gasteiger partial charge in [0, 0.05) is 43.8 Å². The number of fused-ring (bicyclic) bond motifs is 1. The molecule has 3 heterocycles. The molecule has 3 aromatic rings. The average molecular weight is 454 g/mol. The molecule has 0 N–H and O–H groups in total. The van der Waals surface area contributed by atoms with Crippen LogP contribution in [-0.2, 0) is 6.18 Å². The molecule has 1 aliphatic heterocycles. The number of hydrogen-bond acceptors (Lipinski definition) is 7. The smallest absolute Gasteiger partial charge is 0.417 e. The van der Waals surface area contributed by atoms with Crippen molar-refractivity contribution in [2.75, 3.05) is 50.2 Å². The van der Waals surface area contributed by atoms with Gasteiger partial charge < -0.3 is 19.3 Å². The summed E-state index contributed by atoms with van der Waals surface area (Å²) in [6.45, 7) is 2.29. The molecule has 31 heavy (non-hydrogen) atoms. The lowest BCUT2D eigenvalue weighted by atomic mass is 10.2. The number of pyridine rings is 1. The van der Waals surface area contributed by atoms with Gasteiger partial charge in [-0.2, -0.15) is 18.2 Å². The second-order valence-electron chi connectivity index (χ2n) is 6.92. The molecule has 4 rings (SSSR count). The fraction of sp³-hybridized carbons (Fsp3) is 0.350. The van der Waals surface area contributed by atoms with Crippen molar-refractivity contribution >= 4 is 34.1 Å². The first-order valence-electron chi connectivity index (χ1n) is 9.42. The second kappa shape index (κ2) is 8.26. The van der Waals surface area contributed by atoms with Crippen molar-refractivity contribution in [2.24, 2.45) is 0 Å². The van der Waals surface area contributed by atoms with E-state index >= 15 is 0 Å². The summed E-state index contributed by atoms with van der Waals surface area (Å²) in [4.78, 5) is 16.7. The largest absolute Gasteiger partial charge is 0.493 e. The van der Waals surface area contributed by atoms with Gasteiger partial charge in [-0.05, 0) is 29.8 Å². The van der Waals surface area contributed by atoms with E-state index in [-0.39, 0.29) is 5.28 Å². The van der Waals surface area contributed by atoms with Crippen molar-refractivity contribution < 1.29 is 22.6 Å². The van der Waals surface area contributed by atoms with E-state index < -0.39 is 11.7 Å². The minimum absolute atomic E-state index is 0.113. The van der Waals surface area contributed by atoms with Crippen molar-refractivity contribution in [3.63, 3.8) is 0 Å². The van der Waals surface area contributed by atoms with Crippen LogP contribution in [0.3, 0.4) is 0 Å². The number of hydrogen-bond donors (Lipinski definition) is 0. The van der Waals surface area contributed by atoms with Crippen LogP contribution in [0.15, 0.2) is 30.5 Å². The Kier molecular flexibility index (Phi) is 5.65. The SMILES string of the molecule is COc1cc2nc(Cl)nc(N3CCN(c4ccc(C(F)(F)F)cn4)CC3)c2cc1OC. The molecule has 1 aliphatic rings. The van der Waals surface area contributed by atoms with Gasteiger partial charge >= 0.3 is 6.18 Å². The Labute approximate surface area is 181 Å². The first kappa shape index (κ1) is 21.2. The fourth-order valence-corrected chi connectivity index (χ4v) is 3.71. The van der Waals surface area contributed by atoms with E-state index in [1.54, 1.807) is 20.3 Å². The Balaban J connectivity index is 1.57. The van der Waals surface area contributed by atoms with Crippen LogP contribution < -0.4 is 19.3 Å². The highest BCUT2D eigenvalue weighted by Gasteiger charge is 2.31. The number of halogens is 4. The van der Waals surface area contributed by atoms with Crippen LogP contribution in [0.25, 0.3) is 10.9 Å². The molecular formula is C20H19ClF3N5O2. The summed E-state index contributed by atoms with van der Waals surface area (Å²) in [5.74, 6) is 2.25. The first-order chi connectivity index (χ1) is 14.8. The molecule has 0 unspecified atom stereocenters. The number of alkyl halides is 3. The van der Waals surface area contributed by atoms with Gasteiger partial charge in [0.25, 0.3) is 0 Å². The van der Waals surface area contributed by atoms with E-state index in [2.05, 4.69) is 19.9 Å². The molecule has 0 bridgehead atoms. The lowest BCUT2D eigenvalue weighted by molar-refractivity contribution is -0.137. The molecule has 7 nitrogen and oxygen atoms in total. The van der Waals surface area contributed by atoms with E-state index in [1.165, 1.54) is 6.07 Å². The zero-order valence-electron chi connectivity index (χ0n) is 16.8. The molecule has 11 heteroatoms. The second-order valence-corrected chi connectivity index (χ2v) is 7.26. The lowest BCUT2D eigenvalue weighted by Gasteiger charge is -2.36. The van der Waals surface area contributed by atoms with Crippen LogP contribution in [0.2, 0.25) is 5.28 Å². The van der Waals surface area contributed by atoms with Crippen molar-refractivity contribution in [1.29, 1.82) is 0 Å². The number of piperazine rings is 1. The van der Waals surface area contributed by atoms with E-state index in [9.17, 15) is 13.2 Å². The van der Waals surface area contributed by atoms with Crippen molar-refractivity contribution in [2.45, 2.75) is 6.18 Å². The topological polar surface area (TPSA) is 63.6 Å². The Bertz CT molecular complexity index is 1090. The van der Waals surface area contributed by atoms with E-state index in [0.717, 1.165) is 17.6 Å². The highest BCUT2D eigenvalue weighted by molar-refractivity contribution is 6.28. The number of rotatable bonds is 4. The van der Waals surface area contributed by atoms with Crippen molar-refractivity contribution in [3.8, 4) is 11.5 Å². The van der Waals surface area contributed by atoms with Gasteiger partial charge in [0.1, 0.15) is 11.6 Å². The number of ether oxygens (including phenoxy) is 2. The number of benzene rings is 1. The first-order valence-corrected chi connectivity index (χ1v) is 9.80. The number of aromatic nitrogens is 3. The summed E-state index contributed by atoms with van der Waals surface area (Å²) < 4.78 is 49.0. The Morgan fingerprint density at radius 1 is 0.935 bits per heavy atom. The third kappa shape index (κ3) is 4.25. The van der Waals surface area contributed by atoms with Gasteiger partial charge in [-0.1, -0.05) is 0 Å². The Morgan fingerprint density at radius 2 is 1.58 bits per heavy atom. The van der Waals surface area contributed by atoms with Gasteiger partial charge in [0.2, 0.25) is 5.28 Å². The maximum absolute atomic E-state index is 12.8. The molecule has 1 fully saturated rings. The molecule has 1 aromatic carbocycles. The molecule has 2 aromatic heterocycles. The Morgan fingerprint density at radius 3 is 2.16 bits per heavy atom. The molecule has 164 valence electrons. The normalized spacial score (nSPS) is 14.8. The van der Waals surface area contributed by atoms with Crippen LogP contribution in [-0.4, -0.2) is 55.4 Å². The highest BCUT2D eigenvalue weighted by atomic mass is 35.5. The summed E-state index contributed by atoms with van der Waals surface area (Å²) in [6, 6.07) is 6.00. The van der Waals surface area contributed by atoms with Gasteiger partial charge in [0.05, 0.1) is 25.3 Å². The zero-order chi connectivity index (χ0) is 22.2. The quantitative estimate of drug-likeness (QED) is 0.552. The summed E-state index contributed by atoms with van der Waals surface area (Å²) >= 11 is 6.16. The van der Waals surface area contributed by atoms with Crippen LogP contribution in [0, 0.1) is 0 Å². The third-order valence-electron chi connectivity index (χ3n) is 5.13. The van der Waals surface area contributed by atoms with Crippen molar-refractivity contribution in [3.05, 3.63) is 41.3 Å². The van der Waals surface area contributed by atoms with Gasteiger partial charge in [-0.25, -0.2) is 9.97 Å². The highest BCUT2D eigenvalue weighted by Crippen LogP contribution is 2.36. The fourth-order valence-electron chi connectivity index (χ4n) is 3.54. The van der Waals surface area contributed by atoms with Crippen LogP contribution in [0.5, 0.6) is 11.5 Å². The molecule has 0 saturated carbocycles. The number of nitrogens with zero attached hydrogens (tertiary/aromatic N) is 5. The molecule has 0 radical (unpaired) electrons. The Hall–Kier alpha value is -3.01. The zero-order valence-corrected chi connectivity index (χ0v) is 17.5. The van der Waals surface area contributed by atoms with Crippen LogP contribution >= 0.6 is 11.6 Å². The number of anilines is 2. The van der Waals surface area contributed by atoms with Gasteiger partial charge in [-0.15, -0.1) is 0 Å². The third-order valence-corrected chi connectivity index (χ3v) is 5.30. The summed E-state index contributed by atoms with van der Waals surface area (Å²) in [7, 11) is 3.10. The summed E-state index contributed by atoms with van der Waals surface area (Å²) in [5, 5.41) is 0.879. The molecule has 0 atom stereocenters. The van der Waals surface area contributed by atoms with E-state index in [1.807, 2.05) is 11.0 Å². The molecule has 0 spiro atoms. The average Bonchev–Trinajstić information content (AvgIpc) is 2.77. The van der Waals surface area contributed by atoms with Crippen molar-refractivity contribution in [1.82, 2.24) is 15.0 Å².